The molecule has 6 aromatic carbocycles. The normalized spacial score (nSPS) is 12.0. The first-order valence-electron chi connectivity index (χ1n) is 16.7. The van der Waals surface area contributed by atoms with Crippen LogP contribution in [0.5, 0.6) is 0 Å². The Balaban J connectivity index is 1.22. The Bertz CT molecular complexity index is 2510. The lowest BCUT2D eigenvalue weighted by Crippen LogP contribution is -2.24. The van der Waals surface area contributed by atoms with Gasteiger partial charge in [-0.3, -0.25) is 13.9 Å². The van der Waals surface area contributed by atoms with E-state index in [1.54, 1.807) is 4.57 Å². The molecule has 244 valence electrons. The molecule has 7 heteroatoms. The highest BCUT2D eigenvalue weighted by molar-refractivity contribution is 6.33. The molecule has 0 amide bonds. The third-order valence-corrected chi connectivity index (χ3v) is 9.44. The highest BCUT2D eigenvalue weighted by Gasteiger charge is 2.24. The number of aromatic nitrogens is 4. The summed E-state index contributed by atoms with van der Waals surface area (Å²) in [5, 5.41) is 4.99. The molecule has 0 spiro atoms. The number of nitrogens with zero attached hydrogens (tertiary/aromatic N) is 4. The third-order valence-electron chi connectivity index (χ3n) is 9.11. The fraction of sp³-hybridized carbons (Fsp3) is 0.0930. The van der Waals surface area contributed by atoms with Crippen LogP contribution in [0.25, 0.3) is 44.7 Å². The zero-order chi connectivity index (χ0) is 34.0. The van der Waals surface area contributed by atoms with Gasteiger partial charge >= 0.3 is 0 Å². The van der Waals surface area contributed by atoms with E-state index < -0.39 is 0 Å². The van der Waals surface area contributed by atoms with Crippen LogP contribution in [0.2, 0.25) is 5.02 Å². The van der Waals surface area contributed by atoms with E-state index in [2.05, 4.69) is 77.5 Å². The van der Waals surface area contributed by atoms with Gasteiger partial charge in [-0.05, 0) is 73.0 Å². The van der Waals surface area contributed by atoms with Crippen LogP contribution in [0.3, 0.4) is 0 Å². The second-order valence-electron chi connectivity index (χ2n) is 12.5. The van der Waals surface area contributed by atoms with Gasteiger partial charge in [-0.25, -0.2) is 9.97 Å². The minimum atomic E-state index is -0.281. The molecule has 2 heterocycles. The maximum atomic E-state index is 13.9. The van der Waals surface area contributed by atoms with Crippen molar-refractivity contribution in [3.8, 4) is 22.8 Å². The summed E-state index contributed by atoms with van der Waals surface area (Å²) in [5.74, 6) is 1.40. The molecule has 1 atom stereocenters. The Morgan fingerprint density at radius 3 is 2.14 bits per heavy atom. The number of nitrogens with one attached hydrogen (secondary N) is 1. The van der Waals surface area contributed by atoms with Crippen molar-refractivity contribution in [3.63, 3.8) is 0 Å². The molecule has 0 aliphatic heterocycles. The van der Waals surface area contributed by atoms with Crippen molar-refractivity contribution in [3.05, 3.63) is 184 Å². The Hall–Kier alpha value is -5.98. The van der Waals surface area contributed by atoms with Crippen molar-refractivity contribution in [2.45, 2.75) is 26.1 Å². The van der Waals surface area contributed by atoms with E-state index in [9.17, 15) is 4.79 Å². The molecule has 50 heavy (non-hydrogen) atoms. The van der Waals surface area contributed by atoms with Crippen LogP contribution in [0.1, 0.15) is 22.9 Å². The molecule has 1 N–H and O–H groups in total. The van der Waals surface area contributed by atoms with Gasteiger partial charge in [0.05, 0.1) is 27.0 Å². The van der Waals surface area contributed by atoms with Gasteiger partial charge in [0.1, 0.15) is 17.8 Å². The molecule has 0 radical (unpaired) electrons. The number of hydrogen-bond acceptors (Lipinski definition) is 4. The maximum Gasteiger partial charge on any atom is 0.261 e. The van der Waals surface area contributed by atoms with Crippen LogP contribution < -0.4 is 10.9 Å². The summed E-state index contributed by atoms with van der Waals surface area (Å²) in [7, 11) is 0. The molecule has 0 aliphatic rings. The SMILES string of the molecule is Cc1ccc(NC(c2ccccc2)n2c(-c3cc(CCn4c(-c5ccccc5)nc5ccccc5c4=O)ccc3Cl)nc3ccccc32)cc1. The molecule has 2 aromatic heterocycles. The van der Waals surface area contributed by atoms with Crippen molar-refractivity contribution in [2.24, 2.45) is 0 Å². The van der Waals surface area contributed by atoms with E-state index >= 15 is 0 Å². The summed E-state index contributed by atoms with van der Waals surface area (Å²) in [5.41, 5.74) is 8.51. The Morgan fingerprint density at radius 2 is 1.36 bits per heavy atom. The van der Waals surface area contributed by atoms with Gasteiger partial charge in [-0.1, -0.05) is 120 Å². The number of rotatable bonds is 9. The number of para-hydroxylation sites is 3. The van der Waals surface area contributed by atoms with Crippen LogP contribution >= 0.6 is 11.6 Å². The van der Waals surface area contributed by atoms with E-state index in [0.717, 1.165) is 44.8 Å². The summed E-state index contributed by atoms with van der Waals surface area (Å²) in [6.07, 6.45) is 0.310. The van der Waals surface area contributed by atoms with Crippen LogP contribution in [0.15, 0.2) is 156 Å². The molecular weight excluding hydrogens is 638 g/mol. The average Bonchev–Trinajstić information content (AvgIpc) is 3.54. The number of fused-ring (bicyclic) bond motifs is 2. The first-order chi connectivity index (χ1) is 24.5. The summed E-state index contributed by atoms with van der Waals surface area (Å²) in [6, 6.07) is 50.5. The molecule has 8 aromatic rings. The minimum absolute atomic E-state index is 0.0571. The first-order valence-corrected chi connectivity index (χ1v) is 17.1. The summed E-state index contributed by atoms with van der Waals surface area (Å²) in [6.45, 7) is 2.53. The quantitative estimate of drug-likeness (QED) is 0.166. The van der Waals surface area contributed by atoms with Crippen molar-refractivity contribution >= 4 is 39.2 Å². The predicted molar refractivity (Wildman–Crippen MR) is 205 cm³/mol. The van der Waals surface area contributed by atoms with E-state index in [-0.39, 0.29) is 11.7 Å². The number of anilines is 1. The fourth-order valence-electron chi connectivity index (χ4n) is 6.56. The van der Waals surface area contributed by atoms with Crippen molar-refractivity contribution in [2.75, 3.05) is 5.32 Å². The maximum absolute atomic E-state index is 13.9. The van der Waals surface area contributed by atoms with Crippen molar-refractivity contribution in [1.29, 1.82) is 0 Å². The van der Waals surface area contributed by atoms with Crippen molar-refractivity contribution < 1.29 is 0 Å². The highest BCUT2D eigenvalue weighted by Crippen LogP contribution is 2.36. The van der Waals surface area contributed by atoms with Gasteiger partial charge in [0, 0.05) is 23.4 Å². The Labute approximate surface area is 295 Å². The lowest BCUT2D eigenvalue weighted by Gasteiger charge is -2.25. The van der Waals surface area contributed by atoms with Gasteiger partial charge in [-0.2, -0.15) is 0 Å². The van der Waals surface area contributed by atoms with E-state index in [0.29, 0.717) is 34.7 Å². The molecule has 0 aliphatic carbocycles. The van der Waals surface area contributed by atoms with Crippen LogP contribution in [0, 0.1) is 6.92 Å². The number of halogens is 1. The van der Waals surface area contributed by atoms with Crippen LogP contribution in [0.4, 0.5) is 5.69 Å². The molecule has 1 unspecified atom stereocenters. The van der Waals surface area contributed by atoms with E-state index in [1.807, 2.05) is 91.0 Å². The second kappa shape index (κ2) is 13.5. The summed E-state index contributed by atoms with van der Waals surface area (Å²) < 4.78 is 4.03. The topological polar surface area (TPSA) is 64.7 Å². The molecule has 0 saturated heterocycles. The summed E-state index contributed by atoms with van der Waals surface area (Å²) >= 11 is 7.03. The fourth-order valence-corrected chi connectivity index (χ4v) is 6.76. The lowest BCUT2D eigenvalue weighted by atomic mass is 10.1. The van der Waals surface area contributed by atoms with Gasteiger partial charge in [0.2, 0.25) is 0 Å². The molecule has 0 fully saturated rings. The van der Waals surface area contributed by atoms with E-state index in [4.69, 9.17) is 21.6 Å². The number of imidazole rings is 1. The molecule has 0 saturated carbocycles. The van der Waals surface area contributed by atoms with Gasteiger partial charge in [-0.15, -0.1) is 0 Å². The van der Waals surface area contributed by atoms with Gasteiger partial charge in [0.25, 0.3) is 5.56 Å². The molecule has 8 rings (SSSR count). The van der Waals surface area contributed by atoms with Gasteiger partial charge < -0.3 is 5.32 Å². The second-order valence-corrected chi connectivity index (χ2v) is 12.9. The largest absolute Gasteiger partial charge is 0.361 e. The standard InChI is InChI=1S/C43H34ClN5O/c1-29-20-23-33(24-21-29)45-41(32-14-6-3-7-15-32)49-39-19-11-10-18-38(39)47-42(49)35-28-30(22-25-36(35)44)26-27-48-40(31-12-4-2-5-13-31)46-37-17-9-8-16-34(37)43(48)50/h2-25,28,41,45H,26-27H2,1H3. The average molecular weight is 672 g/mol. The number of benzene rings is 6. The number of aryl methyl sites for hydroxylation is 2. The lowest BCUT2D eigenvalue weighted by molar-refractivity contribution is 0.670. The zero-order valence-corrected chi connectivity index (χ0v) is 28.3. The van der Waals surface area contributed by atoms with Crippen LogP contribution in [-0.2, 0) is 13.0 Å². The first kappa shape index (κ1) is 31.3. The molecule has 6 nitrogen and oxygen atoms in total. The minimum Gasteiger partial charge on any atom is -0.361 e. The predicted octanol–water partition coefficient (Wildman–Crippen LogP) is 9.94. The highest BCUT2D eigenvalue weighted by atomic mass is 35.5. The number of hydrogen-bond donors (Lipinski definition) is 1. The zero-order valence-electron chi connectivity index (χ0n) is 27.5. The smallest absolute Gasteiger partial charge is 0.261 e. The third kappa shape index (κ3) is 6.06. The monoisotopic (exact) mass is 671 g/mol. The van der Waals surface area contributed by atoms with E-state index in [1.165, 1.54) is 5.56 Å². The molecule has 0 bridgehead atoms. The molecular formula is C43H34ClN5O. The van der Waals surface area contributed by atoms with Gasteiger partial charge in [0.15, 0.2) is 0 Å². The van der Waals surface area contributed by atoms with Crippen molar-refractivity contribution in [1.82, 2.24) is 19.1 Å². The van der Waals surface area contributed by atoms with Crippen LogP contribution in [-0.4, -0.2) is 19.1 Å². The Kier molecular flexibility index (Phi) is 8.45. The Morgan fingerprint density at radius 1 is 0.700 bits per heavy atom. The summed E-state index contributed by atoms with van der Waals surface area (Å²) in [4.78, 5) is 24.0.